The first kappa shape index (κ1) is 18.2. The van der Waals surface area contributed by atoms with Crippen molar-refractivity contribution < 1.29 is 0 Å². The number of nitrogens with one attached hydrogen (secondary N) is 1. The molecule has 0 amide bonds. The molecule has 0 bridgehead atoms. The molecule has 0 aromatic heterocycles. The number of hydrogen-bond acceptors (Lipinski definition) is 1. The van der Waals surface area contributed by atoms with E-state index in [9.17, 15) is 0 Å². The van der Waals surface area contributed by atoms with E-state index < -0.39 is 8.07 Å². The summed E-state index contributed by atoms with van der Waals surface area (Å²) in [5, 5.41) is 5.24. The molecule has 25 heavy (non-hydrogen) atoms. The van der Waals surface area contributed by atoms with Crippen LogP contribution >= 0.6 is 0 Å². The van der Waals surface area contributed by atoms with E-state index in [0.29, 0.717) is 0 Å². The van der Waals surface area contributed by atoms with Crippen molar-refractivity contribution >= 4 is 13.3 Å². The Labute approximate surface area is 154 Å². The van der Waals surface area contributed by atoms with Crippen LogP contribution in [-0.2, 0) is 6.54 Å². The van der Waals surface area contributed by atoms with Gasteiger partial charge >= 0.3 is 0 Å². The van der Waals surface area contributed by atoms with Crippen LogP contribution in [0.3, 0.4) is 0 Å². The molecule has 0 heterocycles. The van der Waals surface area contributed by atoms with Crippen LogP contribution in [0.2, 0.25) is 18.6 Å². The molecule has 0 radical (unpaired) electrons. The monoisotopic (exact) mass is 349 g/mol. The summed E-state index contributed by atoms with van der Waals surface area (Å²) in [5.41, 5.74) is 3.88. The Morgan fingerprint density at radius 3 is 2.36 bits per heavy atom. The maximum Gasteiger partial charge on any atom is 0.0876 e. The Morgan fingerprint density at radius 1 is 0.960 bits per heavy atom. The van der Waals surface area contributed by atoms with Gasteiger partial charge in [0.15, 0.2) is 0 Å². The predicted octanol–water partition coefficient (Wildman–Crippen LogP) is 5.26. The molecule has 2 aromatic carbocycles. The lowest BCUT2D eigenvalue weighted by molar-refractivity contribution is 0.624. The molecular weight excluding hydrogens is 318 g/mol. The van der Waals surface area contributed by atoms with Crippen LogP contribution in [0.4, 0.5) is 0 Å². The first-order valence-corrected chi connectivity index (χ1v) is 12.7. The van der Waals surface area contributed by atoms with E-state index in [0.717, 1.165) is 18.6 Å². The van der Waals surface area contributed by atoms with Crippen molar-refractivity contribution in [3.8, 4) is 0 Å². The lowest BCUT2D eigenvalue weighted by Crippen LogP contribution is -2.47. The molecule has 0 saturated heterocycles. The minimum absolute atomic E-state index is 0.794. The van der Waals surface area contributed by atoms with Crippen LogP contribution in [0, 0.1) is 0 Å². The molecule has 1 atom stereocenters. The van der Waals surface area contributed by atoms with Crippen molar-refractivity contribution in [3.63, 3.8) is 0 Å². The Balaban J connectivity index is 1.60. The van der Waals surface area contributed by atoms with Crippen molar-refractivity contribution in [3.05, 3.63) is 77.9 Å². The SMILES string of the molecule is C[Si](C)(c1ccccc1)C1CCCC=C1CCNCc1ccccc1. The van der Waals surface area contributed by atoms with Crippen molar-refractivity contribution in [2.45, 2.75) is 50.9 Å². The highest BCUT2D eigenvalue weighted by atomic mass is 28.3. The number of hydrogen-bond donors (Lipinski definition) is 1. The van der Waals surface area contributed by atoms with Crippen LogP contribution in [-0.4, -0.2) is 14.6 Å². The fourth-order valence-electron chi connectivity index (χ4n) is 4.17. The summed E-state index contributed by atoms with van der Waals surface area (Å²) < 4.78 is 0. The van der Waals surface area contributed by atoms with Gasteiger partial charge in [-0.2, -0.15) is 0 Å². The van der Waals surface area contributed by atoms with E-state index in [1.54, 1.807) is 10.8 Å². The van der Waals surface area contributed by atoms with Gasteiger partial charge in [0, 0.05) is 6.54 Å². The van der Waals surface area contributed by atoms with Crippen LogP contribution in [0.1, 0.15) is 31.2 Å². The largest absolute Gasteiger partial charge is 0.312 e. The minimum atomic E-state index is -1.46. The lowest BCUT2D eigenvalue weighted by Gasteiger charge is -2.37. The fourth-order valence-corrected chi connectivity index (χ4v) is 7.74. The zero-order valence-corrected chi connectivity index (χ0v) is 16.7. The molecule has 0 fully saturated rings. The quantitative estimate of drug-likeness (QED) is 0.408. The molecule has 1 aliphatic rings. The molecule has 0 spiro atoms. The third-order valence-electron chi connectivity index (χ3n) is 5.70. The zero-order chi connectivity index (χ0) is 17.5. The van der Waals surface area contributed by atoms with Gasteiger partial charge in [0.05, 0.1) is 8.07 Å². The molecule has 2 heteroatoms. The van der Waals surface area contributed by atoms with Gasteiger partial charge in [-0.3, -0.25) is 0 Å². The van der Waals surface area contributed by atoms with Gasteiger partial charge in [-0.1, -0.05) is 90.6 Å². The maximum atomic E-state index is 3.64. The highest BCUT2D eigenvalue weighted by Crippen LogP contribution is 2.39. The molecule has 1 aliphatic carbocycles. The molecule has 1 N–H and O–H groups in total. The molecule has 132 valence electrons. The lowest BCUT2D eigenvalue weighted by atomic mass is 9.96. The van der Waals surface area contributed by atoms with Gasteiger partial charge in [-0.25, -0.2) is 0 Å². The summed E-state index contributed by atoms with van der Waals surface area (Å²) in [6.07, 6.45) is 7.74. The van der Waals surface area contributed by atoms with E-state index in [4.69, 9.17) is 0 Å². The van der Waals surface area contributed by atoms with E-state index in [-0.39, 0.29) is 0 Å². The highest BCUT2D eigenvalue weighted by Gasteiger charge is 2.36. The first-order chi connectivity index (χ1) is 12.2. The maximum absolute atomic E-state index is 3.64. The molecule has 2 aromatic rings. The summed E-state index contributed by atoms with van der Waals surface area (Å²) in [5.74, 6) is 0. The Kier molecular flexibility index (Phi) is 6.27. The molecule has 3 rings (SSSR count). The number of benzene rings is 2. The van der Waals surface area contributed by atoms with Gasteiger partial charge in [0.25, 0.3) is 0 Å². The van der Waals surface area contributed by atoms with Crippen molar-refractivity contribution in [2.24, 2.45) is 0 Å². The number of rotatable bonds is 7. The van der Waals surface area contributed by atoms with Crippen molar-refractivity contribution in [1.82, 2.24) is 5.32 Å². The Morgan fingerprint density at radius 2 is 1.64 bits per heavy atom. The Hall–Kier alpha value is -1.64. The highest BCUT2D eigenvalue weighted by molar-refractivity contribution is 6.91. The Bertz CT molecular complexity index is 676. The summed E-state index contributed by atoms with van der Waals surface area (Å²) in [4.78, 5) is 0. The van der Waals surface area contributed by atoms with Crippen molar-refractivity contribution in [2.75, 3.05) is 6.54 Å². The smallest absolute Gasteiger partial charge is 0.0876 e. The number of allylic oxidation sites excluding steroid dienone is 1. The molecule has 0 aliphatic heterocycles. The average Bonchev–Trinajstić information content (AvgIpc) is 2.67. The summed E-state index contributed by atoms with van der Waals surface area (Å²) in [6, 6.07) is 22.0. The molecule has 1 unspecified atom stereocenters. The van der Waals surface area contributed by atoms with E-state index in [2.05, 4.69) is 85.2 Å². The first-order valence-electron chi connectivity index (χ1n) is 9.67. The van der Waals surface area contributed by atoms with Gasteiger partial charge in [-0.15, -0.1) is 0 Å². The second-order valence-electron chi connectivity index (χ2n) is 7.76. The standard InChI is InChI=1S/C23H31NSi/c1-25(2,22-14-7-4-8-15-22)23-16-10-9-13-21(23)17-18-24-19-20-11-5-3-6-12-20/h3-8,11-15,23-24H,9-10,16-19H2,1-2H3. The van der Waals surface area contributed by atoms with E-state index in [1.165, 1.54) is 31.2 Å². The average molecular weight is 350 g/mol. The van der Waals surface area contributed by atoms with Crippen LogP contribution in [0.15, 0.2) is 72.3 Å². The normalized spacial score (nSPS) is 18.0. The third-order valence-corrected chi connectivity index (χ3v) is 9.93. The minimum Gasteiger partial charge on any atom is -0.312 e. The topological polar surface area (TPSA) is 12.0 Å². The van der Waals surface area contributed by atoms with Crippen LogP contribution in [0.25, 0.3) is 0 Å². The summed E-state index contributed by atoms with van der Waals surface area (Å²) in [6.45, 7) is 7.17. The van der Waals surface area contributed by atoms with Crippen molar-refractivity contribution in [1.29, 1.82) is 0 Å². The van der Waals surface area contributed by atoms with Crippen LogP contribution < -0.4 is 10.5 Å². The molecule has 0 saturated carbocycles. The third kappa shape index (κ3) is 4.71. The summed E-state index contributed by atoms with van der Waals surface area (Å²) in [7, 11) is -1.46. The second-order valence-corrected chi connectivity index (χ2v) is 12.5. The predicted molar refractivity (Wildman–Crippen MR) is 112 cm³/mol. The van der Waals surface area contributed by atoms with E-state index in [1.807, 2.05) is 0 Å². The second kappa shape index (κ2) is 8.64. The fraction of sp³-hybridized carbons (Fsp3) is 0.391. The van der Waals surface area contributed by atoms with E-state index >= 15 is 0 Å². The van der Waals surface area contributed by atoms with Gasteiger partial charge < -0.3 is 5.32 Å². The zero-order valence-electron chi connectivity index (χ0n) is 15.7. The molecule has 1 nitrogen and oxygen atoms in total. The van der Waals surface area contributed by atoms with Gasteiger partial charge in [0.2, 0.25) is 0 Å². The van der Waals surface area contributed by atoms with Gasteiger partial charge in [-0.05, 0) is 43.3 Å². The van der Waals surface area contributed by atoms with Crippen LogP contribution in [0.5, 0.6) is 0 Å². The van der Waals surface area contributed by atoms with Gasteiger partial charge in [0.1, 0.15) is 0 Å². The molecular formula is C23H31NSi. The summed E-state index contributed by atoms with van der Waals surface area (Å²) >= 11 is 0.